The van der Waals surface area contributed by atoms with E-state index in [1.54, 1.807) is 0 Å². The summed E-state index contributed by atoms with van der Waals surface area (Å²) < 4.78 is 38.6. The molecule has 0 N–H and O–H groups in total. The molecule has 4 bridgehead atoms. The van der Waals surface area contributed by atoms with Crippen LogP contribution < -0.4 is 0 Å². The number of hydrogen-bond donors (Lipinski definition) is 0. The van der Waals surface area contributed by atoms with Gasteiger partial charge in [0.05, 0.1) is 13.2 Å². The summed E-state index contributed by atoms with van der Waals surface area (Å²) in [6.07, 6.45) is 10.3. The van der Waals surface area contributed by atoms with Gasteiger partial charge < -0.3 is 28.4 Å². The lowest BCUT2D eigenvalue weighted by molar-refractivity contribution is -0.577. The van der Waals surface area contributed by atoms with Crippen molar-refractivity contribution >= 4 is 0 Å². The third kappa shape index (κ3) is 4.49. The molecule has 10 rings (SSSR count). The molecule has 16 atom stereocenters. The second-order valence-electron chi connectivity index (χ2n) is 15.7. The molecule has 8 heterocycles. The zero-order valence-electron chi connectivity index (χ0n) is 27.2. The van der Waals surface area contributed by atoms with Crippen LogP contribution in [-0.2, 0) is 48.0 Å². The molecule has 0 radical (unpaired) electrons. The molecule has 248 valence electrons. The minimum Gasteiger partial charge on any atom is -0.348 e. The Morgan fingerprint density at radius 1 is 0.568 bits per heavy atom. The molecule has 2 saturated carbocycles. The van der Waals surface area contributed by atoms with Crippen LogP contribution in [0.5, 0.6) is 0 Å². The number of rotatable bonds is 6. The van der Waals surface area contributed by atoms with Gasteiger partial charge in [-0.2, -0.15) is 0 Å². The standard InChI is InChI=1S/C34H52O10/c1-19-9-11-25-21(3)27(37-29-33(25)23(19)13-15-31(5,39-29)41-43-33)35-17-7-8-18-36-28-22(4)26-12-10-20(2)24-14-16-32(6)40-30(38-28)34(24,26)44-42-32/h7-8,19-30H,9-18H2,1-6H3/b8-7-/t19-,20-,21-,22-,23+,24+,25+,26+,27+,28+,29-,30-,31-,32-,33-,34-/m1/s1. The summed E-state index contributed by atoms with van der Waals surface area (Å²) in [4.78, 5) is 24.4. The van der Waals surface area contributed by atoms with E-state index < -0.39 is 35.4 Å². The first kappa shape index (κ1) is 30.7. The molecular formula is C34H52O10. The zero-order chi connectivity index (χ0) is 30.5. The minimum atomic E-state index is -0.785. The molecule has 10 fully saturated rings. The zero-order valence-corrected chi connectivity index (χ0v) is 27.2. The van der Waals surface area contributed by atoms with E-state index in [0.29, 0.717) is 36.9 Å². The maximum Gasteiger partial charge on any atom is 0.201 e. The van der Waals surface area contributed by atoms with E-state index in [2.05, 4.69) is 27.7 Å². The third-order valence-electron chi connectivity index (χ3n) is 13.1. The smallest absolute Gasteiger partial charge is 0.201 e. The molecule has 8 aliphatic heterocycles. The predicted molar refractivity (Wildman–Crippen MR) is 155 cm³/mol. The van der Waals surface area contributed by atoms with Crippen molar-refractivity contribution < 1.29 is 48.0 Å². The van der Waals surface area contributed by atoms with Gasteiger partial charge in [0.2, 0.25) is 11.6 Å². The highest BCUT2D eigenvalue weighted by Crippen LogP contribution is 2.62. The quantitative estimate of drug-likeness (QED) is 0.260. The van der Waals surface area contributed by atoms with E-state index in [9.17, 15) is 0 Å². The van der Waals surface area contributed by atoms with Crippen molar-refractivity contribution in [1.29, 1.82) is 0 Å². The SMILES string of the molecule is C[C@H]1[C@@H](OC/C=C\CO[C@H]2O[C@@H]3O[C@@]4(C)CC[C@H]5[C@H](C)CC[C@@H]([C@H]2C)[C@@]35OO4)O[C@@H]2O[C@@]3(C)CC[C@H]4[C@H](C)CC[C@@H]1[C@@]24OO3. The fourth-order valence-electron chi connectivity index (χ4n) is 10.6. The van der Waals surface area contributed by atoms with Crippen LogP contribution in [0.25, 0.3) is 0 Å². The van der Waals surface area contributed by atoms with E-state index in [-0.39, 0.29) is 36.3 Å². The Bertz CT molecular complexity index is 1040. The van der Waals surface area contributed by atoms with E-state index in [0.717, 1.165) is 38.5 Å². The molecule has 10 nitrogen and oxygen atoms in total. The van der Waals surface area contributed by atoms with Crippen molar-refractivity contribution in [1.82, 2.24) is 0 Å². The van der Waals surface area contributed by atoms with Gasteiger partial charge in [0, 0.05) is 36.5 Å². The Kier molecular flexibility index (Phi) is 7.62. The van der Waals surface area contributed by atoms with Gasteiger partial charge in [0.15, 0.2) is 36.4 Å². The molecular weight excluding hydrogens is 568 g/mol. The largest absolute Gasteiger partial charge is 0.348 e. The van der Waals surface area contributed by atoms with Gasteiger partial charge in [0.1, 0.15) is 0 Å². The lowest BCUT2D eigenvalue weighted by Crippen LogP contribution is -2.70. The summed E-state index contributed by atoms with van der Waals surface area (Å²) in [5, 5.41) is 0. The molecule has 0 aromatic rings. The number of ether oxygens (including phenoxy) is 6. The summed E-state index contributed by atoms with van der Waals surface area (Å²) in [7, 11) is 0. The van der Waals surface area contributed by atoms with Gasteiger partial charge in [-0.15, -0.1) is 0 Å². The molecule has 0 aromatic carbocycles. The summed E-state index contributed by atoms with van der Waals surface area (Å²) in [5.41, 5.74) is -1.14. The number of fused-ring (bicyclic) bond motifs is 4. The van der Waals surface area contributed by atoms with E-state index in [1.165, 1.54) is 12.8 Å². The van der Waals surface area contributed by atoms with Crippen LogP contribution in [0.15, 0.2) is 12.2 Å². The van der Waals surface area contributed by atoms with Crippen LogP contribution in [0.2, 0.25) is 0 Å². The highest BCUT2D eigenvalue weighted by atomic mass is 17.3. The van der Waals surface area contributed by atoms with E-state index in [4.69, 9.17) is 48.0 Å². The molecule has 0 amide bonds. The Morgan fingerprint density at radius 2 is 1.00 bits per heavy atom. The summed E-state index contributed by atoms with van der Waals surface area (Å²) >= 11 is 0. The van der Waals surface area contributed by atoms with Crippen LogP contribution in [0.3, 0.4) is 0 Å². The van der Waals surface area contributed by atoms with Gasteiger partial charge in [-0.25, -0.2) is 19.6 Å². The number of hydrogen-bond acceptors (Lipinski definition) is 10. The van der Waals surface area contributed by atoms with Gasteiger partial charge in [-0.3, -0.25) is 0 Å². The first-order chi connectivity index (χ1) is 21.1. The topological polar surface area (TPSA) is 92.3 Å². The highest BCUT2D eigenvalue weighted by Gasteiger charge is 2.71. The van der Waals surface area contributed by atoms with Crippen LogP contribution in [0, 0.1) is 47.3 Å². The summed E-state index contributed by atoms with van der Waals surface area (Å²) in [5.74, 6) is 0.985. The van der Waals surface area contributed by atoms with E-state index in [1.807, 2.05) is 26.0 Å². The minimum absolute atomic E-state index is 0.148. The lowest BCUT2D eigenvalue weighted by Gasteiger charge is -2.60. The molecule has 44 heavy (non-hydrogen) atoms. The Morgan fingerprint density at radius 3 is 1.43 bits per heavy atom. The van der Waals surface area contributed by atoms with Crippen molar-refractivity contribution in [2.45, 2.75) is 141 Å². The van der Waals surface area contributed by atoms with Crippen molar-refractivity contribution in [3.05, 3.63) is 12.2 Å². The molecule has 2 spiro atoms. The van der Waals surface area contributed by atoms with Crippen molar-refractivity contribution in [2.24, 2.45) is 47.3 Å². The van der Waals surface area contributed by atoms with Gasteiger partial charge in [-0.1, -0.05) is 39.8 Å². The molecule has 10 heteroatoms. The normalized spacial score (nSPS) is 57.9. The van der Waals surface area contributed by atoms with Crippen LogP contribution in [0.4, 0.5) is 0 Å². The third-order valence-corrected chi connectivity index (χ3v) is 13.1. The maximum absolute atomic E-state index is 6.54. The molecule has 2 aliphatic carbocycles. The second kappa shape index (κ2) is 10.9. The lowest BCUT2D eigenvalue weighted by atomic mass is 9.58. The van der Waals surface area contributed by atoms with Crippen LogP contribution >= 0.6 is 0 Å². The van der Waals surface area contributed by atoms with Crippen molar-refractivity contribution in [3.8, 4) is 0 Å². The monoisotopic (exact) mass is 620 g/mol. The Balaban J connectivity index is 0.888. The first-order valence-electron chi connectivity index (χ1n) is 17.4. The Hall–Kier alpha value is -0.660. The molecule has 0 aromatic heterocycles. The molecule has 0 unspecified atom stereocenters. The fraction of sp³-hybridized carbons (Fsp3) is 0.941. The van der Waals surface area contributed by atoms with Crippen molar-refractivity contribution in [2.75, 3.05) is 13.2 Å². The highest BCUT2D eigenvalue weighted by molar-refractivity contribution is 5.10. The van der Waals surface area contributed by atoms with Crippen molar-refractivity contribution in [3.63, 3.8) is 0 Å². The van der Waals surface area contributed by atoms with Crippen LogP contribution in [0.1, 0.15) is 92.9 Å². The maximum atomic E-state index is 6.54. The average Bonchev–Trinajstić information content (AvgIpc) is 3.37. The first-order valence-corrected chi connectivity index (χ1v) is 17.4. The fourth-order valence-corrected chi connectivity index (χ4v) is 10.6. The van der Waals surface area contributed by atoms with Gasteiger partial charge >= 0.3 is 0 Å². The van der Waals surface area contributed by atoms with E-state index >= 15 is 0 Å². The summed E-state index contributed by atoms with van der Waals surface area (Å²) in [6, 6.07) is 0. The second-order valence-corrected chi connectivity index (χ2v) is 15.7. The predicted octanol–water partition coefficient (Wildman–Crippen LogP) is 5.99. The molecule has 8 saturated heterocycles. The Labute approximate surface area is 261 Å². The average molecular weight is 621 g/mol. The van der Waals surface area contributed by atoms with Crippen LogP contribution in [-0.4, -0.2) is 61.2 Å². The summed E-state index contributed by atoms with van der Waals surface area (Å²) in [6.45, 7) is 13.8. The van der Waals surface area contributed by atoms with Gasteiger partial charge in [0.25, 0.3) is 0 Å². The van der Waals surface area contributed by atoms with Gasteiger partial charge in [-0.05, 0) is 76.0 Å². The molecule has 10 aliphatic rings.